The van der Waals surface area contributed by atoms with Crippen molar-refractivity contribution in [3.8, 4) is 17.2 Å². The zero-order valence-electron chi connectivity index (χ0n) is 15.7. The van der Waals surface area contributed by atoms with Gasteiger partial charge in [0.2, 0.25) is 6.79 Å². The third-order valence-electron chi connectivity index (χ3n) is 5.45. The molecule has 2 aliphatic rings. The molecule has 0 radical (unpaired) electrons. The minimum absolute atomic E-state index is 0.208. The summed E-state index contributed by atoms with van der Waals surface area (Å²) in [5, 5.41) is 0. The number of piperidine rings is 1. The number of hydrogen-bond donors (Lipinski definition) is 0. The molecule has 0 spiro atoms. The number of carbonyl (C=O) groups is 1. The van der Waals surface area contributed by atoms with E-state index in [0.717, 1.165) is 47.2 Å². The van der Waals surface area contributed by atoms with Crippen molar-refractivity contribution < 1.29 is 14.3 Å². The van der Waals surface area contributed by atoms with Crippen molar-refractivity contribution in [3.05, 3.63) is 41.2 Å². The molecule has 0 aliphatic carbocycles. The summed E-state index contributed by atoms with van der Waals surface area (Å²) in [5.41, 5.74) is 3.85. The molecular formula is C21H26N2O3. The van der Waals surface area contributed by atoms with Crippen LogP contribution in [0, 0.1) is 19.8 Å². The van der Waals surface area contributed by atoms with E-state index in [-0.39, 0.29) is 12.6 Å². The molecule has 2 aromatic rings. The number of ether oxygens (including phenoxy) is 2. The summed E-state index contributed by atoms with van der Waals surface area (Å²) < 4.78 is 13.0. The van der Waals surface area contributed by atoms with Crippen LogP contribution in [0.25, 0.3) is 5.69 Å². The predicted octanol–water partition coefficient (Wildman–Crippen LogP) is 3.74. The van der Waals surface area contributed by atoms with Gasteiger partial charge in [-0.2, -0.15) is 0 Å². The molecule has 1 saturated heterocycles. The standard InChI is InChI=1S/C21H26N2O3/c1-14-5-4-8-22(11-14)12-19(24)18-9-15(2)23(16(18)3)17-6-7-20-21(10-17)26-13-25-20/h6-7,9-10,14H,4-5,8,11-13H2,1-3H3. The van der Waals surface area contributed by atoms with Crippen molar-refractivity contribution in [1.29, 1.82) is 0 Å². The van der Waals surface area contributed by atoms with E-state index in [1.54, 1.807) is 0 Å². The lowest BCUT2D eigenvalue weighted by molar-refractivity contribution is 0.0892. The highest BCUT2D eigenvalue weighted by Gasteiger charge is 2.23. The average molecular weight is 354 g/mol. The van der Waals surface area contributed by atoms with Gasteiger partial charge in [-0.3, -0.25) is 9.69 Å². The normalized spacial score (nSPS) is 19.7. The Morgan fingerprint density at radius 3 is 2.81 bits per heavy atom. The second-order valence-electron chi connectivity index (χ2n) is 7.56. The summed E-state index contributed by atoms with van der Waals surface area (Å²) in [4.78, 5) is 15.2. The van der Waals surface area contributed by atoms with E-state index in [4.69, 9.17) is 9.47 Å². The summed E-state index contributed by atoms with van der Waals surface area (Å²) in [7, 11) is 0. The van der Waals surface area contributed by atoms with Gasteiger partial charge in [0.15, 0.2) is 17.3 Å². The number of carbonyl (C=O) groups excluding carboxylic acids is 1. The van der Waals surface area contributed by atoms with E-state index in [9.17, 15) is 4.79 Å². The smallest absolute Gasteiger partial charge is 0.231 e. The fourth-order valence-electron chi connectivity index (χ4n) is 4.19. The van der Waals surface area contributed by atoms with E-state index in [1.807, 2.05) is 38.1 Å². The van der Waals surface area contributed by atoms with E-state index < -0.39 is 0 Å². The molecule has 5 nitrogen and oxygen atoms in total. The second-order valence-corrected chi connectivity index (χ2v) is 7.56. The van der Waals surface area contributed by atoms with Crippen molar-refractivity contribution in [3.63, 3.8) is 0 Å². The van der Waals surface area contributed by atoms with Gasteiger partial charge in [-0.05, 0) is 57.4 Å². The van der Waals surface area contributed by atoms with Gasteiger partial charge in [-0.15, -0.1) is 0 Å². The molecule has 1 aromatic carbocycles. The Bertz CT molecular complexity index is 840. The van der Waals surface area contributed by atoms with Crippen LogP contribution in [0.5, 0.6) is 11.5 Å². The molecule has 26 heavy (non-hydrogen) atoms. The third kappa shape index (κ3) is 3.12. The number of rotatable bonds is 4. The molecule has 1 aromatic heterocycles. The first-order valence-electron chi connectivity index (χ1n) is 9.37. The fourth-order valence-corrected chi connectivity index (χ4v) is 4.19. The van der Waals surface area contributed by atoms with Gasteiger partial charge in [-0.1, -0.05) is 6.92 Å². The molecule has 1 fully saturated rings. The predicted molar refractivity (Wildman–Crippen MR) is 101 cm³/mol. The van der Waals surface area contributed by atoms with Crippen LogP contribution in [-0.2, 0) is 0 Å². The molecule has 0 N–H and O–H groups in total. The molecule has 5 heteroatoms. The Balaban J connectivity index is 1.59. The number of ketones is 1. The lowest BCUT2D eigenvalue weighted by Gasteiger charge is -2.30. The summed E-state index contributed by atoms with van der Waals surface area (Å²) in [6, 6.07) is 7.92. The van der Waals surface area contributed by atoms with Crippen LogP contribution < -0.4 is 9.47 Å². The molecule has 4 rings (SSSR count). The SMILES string of the molecule is Cc1cc(C(=O)CN2CCCC(C)C2)c(C)n1-c1ccc2c(c1)OCO2. The zero-order valence-corrected chi connectivity index (χ0v) is 15.7. The van der Waals surface area contributed by atoms with Gasteiger partial charge >= 0.3 is 0 Å². The molecule has 138 valence electrons. The van der Waals surface area contributed by atoms with Gasteiger partial charge in [0.25, 0.3) is 0 Å². The maximum Gasteiger partial charge on any atom is 0.231 e. The monoisotopic (exact) mass is 354 g/mol. The number of nitrogens with zero attached hydrogens (tertiary/aromatic N) is 2. The maximum atomic E-state index is 12.9. The maximum absolute atomic E-state index is 12.9. The van der Waals surface area contributed by atoms with E-state index in [2.05, 4.69) is 16.4 Å². The van der Waals surface area contributed by atoms with Gasteiger partial charge in [0.05, 0.1) is 6.54 Å². The third-order valence-corrected chi connectivity index (χ3v) is 5.45. The van der Waals surface area contributed by atoms with E-state index in [1.165, 1.54) is 12.8 Å². The number of hydrogen-bond acceptors (Lipinski definition) is 4. The Kier molecular flexibility index (Phi) is 4.49. The zero-order chi connectivity index (χ0) is 18.3. The van der Waals surface area contributed by atoms with Crippen molar-refractivity contribution in [2.45, 2.75) is 33.6 Å². The Morgan fingerprint density at radius 1 is 1.19 bits per heavy atom. The van der Waals surface area contributed by atoms with E-state index >= 15 is 0 Å². The molecule has 0 saturated carbocycles. The highest BCUT2D eigenvalue weighted by molar-refractivity contribution is 5.99. The number of aryl methyl sites for hydroxylation is 1. The molecule has 1 atom stereocenters. The lowest BCUT2D eigenvalue weighted by Crippen LogP contribution is -2.38. The second kappa shape index (κ2) is 6.80. The van der Waals surface area contributed by atoms with Gasteiger partial charge in [-0.25, -0.2) is 0 Å². The number of benzene rings is 1. The summed E-state index contributed by atoms with van der Waals surface area (Å²) >= 11 is 0. The first kappa shape index (κ1) is 17.2. The van der Waals surface area contributed by atoms with Crippen molar-refractivity contribution in [2.24, 2.45) is 5.92 Å². The number of likely N-dealkylation sites (tertiary alicyclic amines) is 1. The van der Waals surface area contributed by atoms with Crippen molar-refractivity contribution in [2.75, 3.05) is 26.4 Å². The Morgan fingerprint density at radius 2 is 2.00 bits per heavy atom. The van der Waals surface area contributed by atoms with Gasteiger partial charge in [0.1, 0.15) is 0 Å². The average Bonchev–Trinajstić information content (AvgIpc) is 3.18. The van der Waals surface area contributed by atoms with Crippen LogP contribution in [-0.4, -0.2) is 41.7 Å². The van der Waals surface area contributed by atoms with E-state index in [0.29, 0.717) is 12.5 Å². The number of Topliss-reactive ketones (excluding diaryl/α,β-unsaturated/α-hetero) is 1. The number of aromatic nitrogens is 1. The summed E-state index contributed by atoms with van der Waals surface area (Å²) in [6.07, 6.45) is 2.45. The molecule has 0 bridgehead atoms. The number of fused-ring (bicyclic) bond motifs is 1. The first-order chi connectivity index (χ1) is 12.5. The summed E-state index contributed by atoms with van der Waals surface area (Å²) in [6.45, 7) is 9.14. The topological polar surface area (TPSA) is 43.7 Å². The van der Waals surface area contributed by atoms with Crippen LogP contribution in [0.15, 0.2) is 24.3 Å². The molecular weight excluding hydrogens is 328 g/mol. The first-order valence-corrected chi connectivity index (χ1v) is 9.37. The van der Waals surface area contributed by atoms with Crippen LogP contribution in [0.3, 0.4) is 0 Å². The Labute approximate surface area is 154 Å². The molecule has 1 unspecified atom stereocenters. The van der Waals surface area contributed by atoms with Crippen molar-refractivity contribution >= 4 is 5.78 Å². The van der Waals surface area contributed by atoms with Gasteiger partial charge in [0, 0.05) is 35.2 Å². The summed E-state index contributed by atoms with van der Waals surface area (Å²) in [5.74, 6) is 2.41. The molecule has 3 heterocycles. The minimum Gasteiger partial charge on any atom is -0.454 e. The van der Waals surface area contributed by atoms with Crippen LogP contribution in [0.1, 0.15) is 41.5 Å². The Hall–Kier alpha value is -2.27. The largest absolute Gasteiger partial charge is 0.454 e. The van der Waals surface area contributed by atoms with Gasteiger partial charge < -0.3 is 14.0 Å². The van der Waals surface area contributed by atoms with Crippen molar-refractivity contribution in [1.82, 2.24) is 9.47 Å². The quantitative estimate of drug-likeness (QED) is 0.785. The fraction of sp³-hybridized carbons (Fsp3) is 0.476. The lowest BCUT2D eigenvalue weighted by atomic mass is 9.99. The molecule has 0 amide bonds. The highest BCUT2D eigenvalue weighted by atomic mass is 16.7. The van der Waals surface area contributed by atoms with Crippen LogP contribution >= 0.6 is 0 Å². The molecule has 2 aliphatic heterocycles. The highest BCUT2D eigenvalue weighted by Crippen LogP contribution is 2.35. The van der Waals surface area contributed by atoms with Crippen LogP contribution in [0.2, 0.25) is 0 Å². The van der Waals surface area contributed by atoms with Crippen LogP contribution in [0.4, 0.5) is 0 Å². The minimum atomic E-state index is 0.208.